The predicted octanol–water partition coefficient (Wildman–Crippen LogP) is 1.92. The van der Waals surface area contributed by atoms with E-state index in [1.807, 2.05) is 31.2 Å². The van der Waals surface area contributed by atoms with Crippen molar-refractivity contribution < 1.29 is 4.79 Å². The average molecular weight is 276 g/mol. The van der Waals surface area contributed by atoms with Gasteiger partial charge in [0.15, 0.2) is 0 Å². The summed E-state index contributed by atoms with van der Waals surface area (Å²) >= 11 is 0. The van der Waals surface area contributed by atoms with Crippen molar-refractivity contribution in [2.45, 2.75) is 31.8 Å². The highest BCUT2D eigenvalue weighted by Gasteiger charge is 2.25. The van der Waals surface area contributed by atoms with E-state index in [4.69, 9.17) is 5.73 Å². The van der Waals surface area contributed by atoms with Crippen LogP contribution >= 0.6 is 0 Å². The van der Waals surface area contributed by atoms with Gasteiger partial charge in [-0.3, -0.25) is 0 Å². The highest BCUT2D eigenvalue weighted by molar-refractivity contribution is 5.89. The number of likely N-dealkylation sites (N-methyl/N-ethyl adjacent to an activating group) is 1. The summed E-state index contributed by atoms with van der Waals surface area (Å²) in [6, 6.07) is 8.18. The highest BCUT2D eigenvalue weighted by atomic mass is 16.2. The first-order chi connectivity index (χ1) is 9.56. The van der Waals surface area contributed by atoms with E-state index >= 15 is 0 Å². The molecule has 0 aromatic heterocycles. The zero-order valence-electron chi connectivity index (χ0n) is 12.2. The Bertz CT molecular complexity index is 440. The first-order valence-electron chi connectivity index (χ1n) is 7.17. The maximum Gasteiger partial charge on any atom is 0.319 e. The Kier molecular flexibility index (Phi) is 4.98. The molecule has 5 heteroatoms. The number of benzene rings is 1. The molecular weight excluding hydrogens is 252 g/mol. The molecule has 0 spiro atoms. The fraction of sp³-hybridized carbons (Fsp3) is 0.533. The maximum atomic E-state index is 11.7. The summed E-state index contributed by atoms with van der Waals surface area (Å²) in [4.78, 5) is 14.0. The summed E-state index contributed by atoms with van der Waals surface area (Å²) in [5.74, 6) is 0. The number of nitrogens with one attached hydrogen (secondary N) is 2. The highest BCUT2D eigenvalue weighted by Crippen LogP contribution is 2.24. The zero-order chi connectivity index (χ0) is 14.5. The van der Waals surface area contributed by atoms with Crippen LogP contribution in [0.25, 0.3) is 0 Å². The molecule has 1 atom stereocenters. The van der Waals surface area contributed by atoms with Crippen LogP contribution < -0.4 is 16.4 Å². The Hall–Kier alpha value is -1.59. The average Bonchev–Trinajstić information content (AvgIpc) is 3.23. The second-order valence-corrected chi connectivity index (χ2v) is 5.50. The first-order valence-corrected chi connectivity index (χ1v) is 7.17. The quantitative estimate of drug-likeness (QED) is 0.743. The van der Waals surface area contributed by atoms with Crippen molar-refractivity contribution in [1.82, 2.24) is 10.2 Å². The second-order valence-electron chi connectivity index (χ2n) is 5.50. The van der Waals surface area contributed by atoms with E-state index in [2.05, 4.69) is 22.6 Å². The number of nitrogens with two attached hydrogens (primary N) is 1. The van der Waals surface area contributed by atoms with Gasteiger partial charge in [0.2, 0.25) is 0 Å². The molecule has 4 N–H and O–H groups in total. The van der Waals surface area contributed by atoms with E-state index in [1.54, 1.807) is 0 Å². The number of carbonyl (C=O) groups is 1. The molecule has 1 aliphatic rings. The second kappa shape index (κ2) is 6.72. The first kappa shape index (κ1) is 14.8. The Morgan fingerprint density at radius 2 is 2.05 bits per heavy atom. The minimum Gasteiger partial charge on any atom is -0.337 e. The van der Waals surface area contributed by atoms with E-state index in [0.717, 1.165) is 23.8 Å². The molecule has 0 aliphatic heterocycles. The van der Waals surface area contributed by atoms with Crippen LogP contribution in [0.2, 0.25) is 0 Å². The lowest BCUT2D eigenvalue weighted by molar-refractivity contribution is 0.249. The van der Waals surface area contributed by atoms with Crippen LogP contribution in [0.3, 0.4) is 0 Å². The van der Waals surface area contributed by atoms with Crippen molar-refractivity contribution >= 4 is 11.7 Å². The number of nitrogens with zero attached hydrogens (tertiary/aromatic N) is 1. The number of hydrogen-bond acceptors (Lipinski definition) is 3. The number of hydrogen-bond donors (Lipinski definition) is 3. The third kappa shape index (κ3) is 4.51. The molecule has 2 rings (SSSR count). The van der Waals surface area contributed by atoms with Gasteiger partial charge in [-0.05, 0) is 44.5 Å². The van der Waals surface area contributed by atoms with Crippen molar-refractivity contribution in [2.24, 2.45) is 5.73 Å². The SMILES string of the molecule is CC(N)c1ccc(NC(=O)NCCN(C)C2CC2)cc1. The van der Waals surface area contributed by atoms with Gasteiger partial charge in [-0.1, -0.05) is 12.1 Å². The Morgan fingerprint density at radius 1 is 1.40 bits per heavy atom. The van der Waals surface area contributed by atoms with Gasteiger partial charge >= 0.3 is 6.03 Å². The van der Waals surface area contributed by atoms with Gasteiger partial charge in [-0.25, -0.2) is 4.79 Å². The van der Waals surface area contributed by atoms with Crippen molar-refractivity contribution in [1.29, 1.82) is 0 Å². The normalized spacial score (nSPS) is 16.0. The van der Waals surface area contributed by atoms with Crippen LogP contribution in [0.15, 0.2) is 24.3 Å². The number of rotatable bonds is 6. The maximum absolute atomic E-state index is 11.7. The lowest BCUT2D eigenvalue weighted by Crippen LogP contribution is -2.36. The van der Waals surface area contributed by atoms with Gasteiger partial charge in [0.25, 0.3) is 0 Å². The van der Waals surface area contributed by atoms with Crippen molar-refractivity contribution in [3.63, 3.8) is 0 Å². The largest absolute Gasteiger partial charge is 0.337 e. The summed E-state index contributed by atoms with van der Waals surface area (Å²) in [6.07, 6.45) is 2.57. The lowest BCUT2D eigenvalue weighted by Gasteiger charge is -2.16. The van der Waals surface area contributed by atoms with Gasteiger partial charge in [-0.2, -0.15) is 0 Å². The van der Waals surface area contributed by atoms with Crippen molar-refractivity contribution in [3.8, 4) is 0 Å². The van der Waals surface area contributed by atoms with Gasteiger partial charge in [0.1, 0.15) is 0 Å². The Morgan fingerprint density at radius 3 is 2.60 bits per heavy atom. The number of amides is 2. The van der Waals surface area contributed by atoms with Gasteiger partial charge < -0.3 is 21.3 Å². The summed E-state index contributed by atoms with van der Waals surface area (Å²) in [5, 5.41) is 5.68. The van der Waals surface area contributed by atoms with E-state index in [9.17, 15) is 4.79 Å². The van der Waals surface area contributed by atoms with Crippen molar-refractivity contribution in [2.75, 3.05) is 25.5 Å². The topological polar surface area (TPSA) is 70.4 Å². The molecule has 20 heavy (non-hydrogen) atoms. The van der Waals surface area contributed by atoms with Crippen LogP contribution in [-0.4, -0.2) is 37.1 Å². The molecule has 110 valence electrons. The summed E-state index contributed by atoms with van der Waals surface area (Å²) < 4.78 is 0. The monoisotopic (exact) mass is 276 g/mol. The molecule has 0 radical (unpaired) electrons. The number of anilines is 1. The van der Waals surface area contributed by atoms with E-state index in [1.165, 1.54) is 12.8 Å². The molecular formula is C15H24N4O. The van der Waals surface area contributed by atoms with Gasteiger partial charge in [0.05, 0.1) is 0 Å². The van der Waals surface area contributed by atoms with Crippen LogP contribution in [0, 0.1) is 0 Å². The molecule has 1 aromatic rings. The summed E-state index contributed by atoms with van der Waals surface area (Å²) in [5.41, 5.74) is 7.62. The van der Waals surface area contributed by atoms with Gasteiger partial charge in [-0.15, -0.1) is 0 Å². The zero-order valence-corrected chi connectivity index (χ0v) is 12.2. The fourth-order valence-electron chi connectivity index (χ4n) is 2.09. The minimum atomic E-state index is -0.164. The third-order valence-electron chi connectivity index (χ3n) is 3.61. The molecule has 2 amide bonds. The van der Waals surface area contributed by atoms with Crippen LogP contribution in [0.1, 0.15) is 31.4 Å². The molecule has 0 bridgehead atoms. The number of carbonyl (C=O) groups excluding carboxylic acids is 1. The molecule has 0 saturated heterocycles. The lowest BCUT2D eigenvalue weighted by atomic mass is 10.1. The van der Waals surface area contributed by atoms with E-state index < -0.39 is 0 Å². The van der Waals surface area contributed by atoms with Crippen LogP contribution in [0.4, 0.5) is 10.5 Å². The van der Waals surface area contributed by atoms with E-state index in [-0.39, 0.29) is 12.1 Å². The molecule has 1 fully saturated rings. The summed E-state index contributed by atoms with van der Waals surface area (Å²) in [6.45, 7) is 3.49. The standard InChI is InChI=1S/C15H24N4O/c1-11(16)12-3-5-13(6-4-12)18-15(20)17-9-10-19(2)14-7-8-14/h3-6,11,14H,7-10,16H2,1-2H3,(H2,17,18,20). The van der Waals surface area contributed by atoms with Crippen LogP contribution in [-0.2, 0) is 0 Å². The molecule has 5 nitrogen and oxygen atoms in total. The van der Waals surface area contributed by atoms with E-state index in [0.29, 0.717) is 6.54 Å². The Balaban J connectivity index is 1.70. The fourth-order valence-corrected chi connectivity index (χ4v) is 2.09. The molecule has 1 unspecified atom stereocenters. The predicted molar refractivity (Wildman–Crippen MR) is 81.7 cm³/mol. The molecule has 1 aliphatic carbocycles. The third-order valence-corrected chi connectivity index (χ3v) is 3.61. The number of urea groups is 1. The Labute approximate surface area is 120 Å². The van der Waals surface area contributed by atoms with Gasteiger partial charge in [0, 0.05) is 30.9 Å². The smallest absolute Gasteiger partial charge is 0.319 e. The van der Waals surface area contributed by atoms with Crippen molar-refractivity contribution in [3.05, 3.63) is 29.8 Å². The molecule has 1 saturated carbocycles. The molecule has 1 aromatic carbocycles. The van der Waals surface area contributed by atoms with Crippen LogP contribution in [0.5, 0.6) is 0 Å². The summed E-state index contributed by atoms with van der Waals surface area (Å²) in [7, 11) is 2.10. The molecule has 0 heterocycles. The minimum absolute atomic E-state index is 0.0100.